The Morgan fingerprint density at radius 3 is 1.70 bits per heavy atom. The van der Waals surface area contributed by atoms with Crippen LogP contribution in [0.2, 0.25) is 0 Å². The summed E-state index contributed by atoms with van der Waals surface area (Å²) in [6, 6.07) is -10.0. The molecule has 20 N–H and O–H groups in total. The number of carbonyl (C=O) groups excluding carboxylic acids is 10. The number of hydrogen-bond acceptors (Lipinski definition) is 18. The normalized spacial score (nSPS) is 17.8. The van der Waals surface area contributed by atoms with Crippen LogP contribution in [0.3, 0.4) is 0 Å². The van der Waals surface area contributed by atoms with Crippen molar-refractivity contribution in [1.29, 1.82) is 0 Å². The lowest BCUT2D eigenvalue weighted by molar-refractivity contribution is -0.143. The van der Waals surface area contributed by atoms with Gasteiger partial charge in [-0.05, 0) is 88.4 Å². The second kappa shape index (κ2) is 33.4. The van der Waals surface area contributed by atoms with Crippen molar-refractivity contribution in [3.8, 4) is 5.75 Å². The number of primary amides is 1. The second-order valence-electron chi connectivity index (χ2n) is 20.1. The molecule has 0 bridgehead atoms. The minimum atomic E-state index is -1.96. The molecule has 10 amide bonds. The number of hydrogen-bond donors (Lipinski definition) is 17. The molecule has 2 rings (SSSR count). The highest BCUT2D eigenvalue weighted by atomic mass is 16.4. The summed E-state index contributed by atoms with van der Waals surface area (Å²) in [4.78, 5) is 148. The van der Waals surface area contributed by atoms with E-state index in [4.69, 9.17) is 17.2 Å². The number of nitrogens with two attached hydrogens (primary N) is 3. The van der Waals surface area contributed by atoms with Crippen molar-refractivity contribution in [2.75, 3.05) is 26.3 Å². The highest BCUT2D eigenvalue weighted by Crippen LogP contribution is 2.21. The van der Waals surface area contributed by atoms with Gasteiger partial charge >= 0.3 is 5.97 Å². The van der Waals surface area contributed by atoms with Crippen LogP contribution in [0, 0.1) is 11.8 Å². The number of unbranched alkanes of at least 4 members (excludes halogenated alkanes) is 1. The largest absolute Gasteiger partial charge is 0.508 e. The summed E-state index contributed by atoms with van der Waals surface area (Å²) in [6.45, 7) is 7.36. The fraction of sp³-hybridized carbons (Fsp3) is 0.660. The molecule has 29 nitrogen and oxygen atoms in total. The number of nitrogens with zero attached hydrogens (tertiary/aromatic N) is 1. The number of carbonyl (C=O) groups is 11. The molecule has 0 saturated carbocycles. The van der Waals surface area contributed by atoms with Gasteiger partial charge in [0.2, 0.25) is 59.1 Å². The minimum absolute atomic E-state index is 0.00429. The summed E-state index contributed by atoms with van der Waals surface area (Å²) in [5, 5.41) is 79.5. The van der Waals surface area contributed by atoms with Gasteiger partial charge in [-0.2, -0.15) is 0 Å². The van der Waals surface area contributed by atoms with Crippen molar-refractivity contribution in [3.63, 3.8) is 0 Å². The van der Waals surface area contributed by atoms with Crippen LogP contribution in [0.15, 0.2) is 24.3 Å². The van der Waals surface area contributed by atoms with Crippen LogP contribution in [0.4, 0.5) is 0 Å². The highest BCUT2D eigenvalue weighted by Gasteiger charge is 2.41. The Morgan fingerprint density at radius 2 is 1.16 bits per heavy atom. The lowest BCUT2D eigenvalue weighted by atomic mass is 9.97. The van der Waals surface area contributed by atoms with Gasteiger partial charge in [0.05, 0.1) is 31.8 Å². The smallest absolute Gasteiger partial charge is 0.326 e. The molecule has 1 fully saturated rings. The highest BCUT2D eigenvalue weighted by molar-refractivity contribution is 5.99. The first kappa shape index (κ1) is 68.1. The van der Waals surface area contributed by atoms with E-state index >= 15 is 0 Å². The lowest BCUT2D eigenvalue weighted by Gasteiger charge is -2.31. The van der Waals surface area contributed by atoms with Gasteiger partial charge in [-0.15, -0.1) is 0 Å². The number of phenols is 1. The maximum atomic E-state index is 14.0. The molecule has 1 aromatic carbocycles. The van der Waals surface area contributed by atoms with Crippen molar-refractivity contribution in [2.45, 2.75) is 172 Å². The van der Waals surface area contributed by atoms with E-state index in [2.05, 4.69) is 42.5 Å². The number of aromatic hydroxyl groups is 1. The average Bonchev–Trinajstić information content (AvgIpc) is 3.90. The van der Waals surface area contributed by atoms with Crippen LogP contribution in [0.1, 0.15) is 98.5 Å². The van der Waals surface area contributed by atoms with E-state index in [1.165, 1.54) is 31.2 Å². The maximum Gasteiger partial charge on any atom is 0.326 e. The minimum Gasteiger partial charge on any atom is -0.508 e. The Labute approximate surface area is 457 Å². The number of aliphatic hydroxyl groups is 4. The molecule has 1 aliphatic rings. The van der Waals surface area contributed by atoms with Crippen molar-refractivity contribution >= 4 is 65.0 Å². The van der Waals surface area contributed by atoms with E-state index in [-0.39, 0.29) is 56.9 Å². The predicted octanol–water partition coefficient (Wildman–Crippen LogP) is -5.94. The number of carboxylic acids is 1. The van der Waals surface area contributed by atoms with Gasteiger partial charge in [0, 0.05) is 13.0 Å². The first-order chi connectivity index (χ1) is 37.1. The van der Waals surface area contributed by atoms with E-state index in [0.29, 0.717) is 24.8 Å². The summed E-state index contributed by atoms with van der Waals surface area (Å²) in [6.07, 6.45) is -2.69. The van der Waals surface area contributed by atoms with Crippen LogP contribution in [0.5, 0.6) is 5.75 Å². The Bertz CT molecular complexity index is 2250. The predicted molar refractivity (Wildman–Crippen MR) is 281 cm³/mol. The zero-order chi connectivity index (χ0) is 59.8. The number of likely N-dealkylation sites (tertiary alicyclic amines) is 1. The lowest BCUT2D eigenvalue weighted by Crippen LogP contribution is -2.63. The zero-order valence-corrected chi connectivity index (χ0v) is 45.4. The summed E-state index contributed by atoms with van der Waals surface area (Å²) >= 11 is 0. The SMILES string of the molecule is CC[C@H](C)[C@H](NC(=O)[C@@H](N)[C@@H](C)O)C(=O)N[C@@H](CO)C(=O)N1CCC[C@H]1C(=O)N[C@@H](CC(C)C)C(=O)N[C@@H](CC(N)=O)C(=O)N[C@H](C(=O)N[C@@H](CO)C(=O)N[C@@H](Cc1ccc(O)cc1)C(=O)N[C@@H](CCCCN)C(=O)O)[C@@H](C)O. The summed E-state index contributed by atoms with van der Waals surface area (Å²) in [5.41, 5.74) is 17.1. The third-order valence-corrected chi connectivity index (χ3v) is 13.1. The summed E-state index contributed by atoms with van der Waals surface area (Å²) < 4.78 is 0. The summed E-state index contributed by atoms with van der Waals surface area (Å²) in [5.74, 6) is -12.5. The molecule has 0 radical (unpaired) electrons. The van der Waals surface area contributed by atoms with Gasteiger partial charge in [0.1, 0.15) is 66.2 Å². The number of aliphatic carboxylic acids is 1. The van der Waals surface area contributed by atoms with Gasteiger partial charge < -0.3 is 95.3 Å². The van der Waals surface area contributed by atoms with Crippen LogP contribution < -0.4 is 59.7 Å². The van der Waals surface area contributed by atoms with Crippen molar-refractivity contribution in [2.24, 2.45) is 29.0 Å². The number of nitrogens with one attached hydrogen (secondary N) is 8. The van der Waals surface area contributed by atoms with E-state index in [1.54, 1.807) is 27.7 Å². The quantitative estimate of drug-likeness (QED) is 0.0286. The van der Waals surface area contributed by atoms with Crippen LogP contribution in [-0.4, -0.2) is 200 Å². The Kier molecular flexibility index (Phi) is 28.8. The van der Waals surface area contributed by atoms with Gasteiger partial charge in [-0.25, -0.2) is 4.79 Å². The number of carboxylic acid groups (broad SMARTS) is 1. The van der Waals surface area contributed by atoms with Gasteiger partial charge in [0.25, 0.3) is 0 Å². The molecule has 29 heteroatoms. The molecule has 79 heavy (non-hydrogen) atoms. The molecule has 13 atom stereocenters. The molecule has 1 aromatic rings. The van der Waals surface area contributed by atoms with Crippen molar-refractivity contribution < 1.29 is 83.4 Å². The van der Waals surface area contributed by atoms with Gasteiger partial charge in [-0.3, -0.25) is 47.9 Å². The molecule has 0 unspecified atom stereocenters. The van der Waals surface area contributed by atoms with Crippen LogP contribution in [0.25, 0.3) is 0 Å². The van der Waals surface area contributed by atoms with E-state index in [1.807, 2.05) is 0 Å². The van der Waals surface area contributed by atoms with Crippen LogP contribution >= 0.6 is 0 Å². The Balaban J connectivity index is 2.31. The maximum absolute atomic E-state index is 14.0. The van der Waals surface area contributed by atoms with Gasteiger partial charge in [0.15, 0.2) is 0 Å². The van der Waals surface area contributed by atoms with Crippen LogP contribution in [-0.2, 0) is 59.2 Å². The van der Waals surface area contributed by atoms with E-state index in [0.717, 1.165) is 11.8 Å². The number of amides is 10. The zero-order valence-electron chi connectivity index (χ0n) is 45.4. The molecule has 1 heterocycles. The third kappa shape index (κ3) is 22.0. The molecule has 0 aliphatic carbocycles. The molecule has 1 aliphatic heterocycles. The molecular formula is C50H82N12O17. The third-order valence-electron chi connectivity index (χ3n) is 13.1. The number of rotatable bonds is 34. The monoisotopic (exact) mass is 1120 g/mol. The van der Waals surface area contributed by atoms with Crippen molar-refractivity contribution in [1.82, 2.24) is 47.4 Å². The first-order valence-corrected chi connectivity index (χ1v) is 26.2. The second-order valence-corrected chi connectivity index (χ2v) is 20.1. The topological polar surface area (TPSA) is 487 Å². The Hall–Kier alpha value is -7.05. The first-order valence-electron chi connectivity index (χ1n) is 26.2. The molecular weight excluding hydrogens is 1040 g/mol. The molecule has 0 spiro atoms. The molecule has 444 valence electrons. The van der Waals surface area contributed by atoms with E-state index < -0.39 is 163 Å². The average molecular weight is 1120 g/mol. The fourth-order valence-electron chi connectivity index (χ4n) is 8.26. The molecule has 1 saturated heterocycles. The number of phenolic OH excluding ortho intramolecular Hbond substituents is 1. The number of aliphatic hydroxyl groups excluding tert-OH is 4. The van der Waals surface area contributed by atoms with Gasteiger partial charge in [-0.1, -0.05) is 46.2 Å². The summed E-state index contributed by atoms with van der Waals surface area (Å²) in [7, 11) is 0. The standard InChI is InChI=1S/C50H82N12O17/c1-7-25(4)39(60-46(74)38(53)26(5)65)47(75)59-35(23-64)49(77)62-18-10-12-36(62)45(73)57-31(19-24(2)3)41(69)56-33(21-37(52)68)43(71)61-40(27(6)66)48(76)58-34(22-63)44(72)55-32(20-28-13-15-29(67)16-14-28)42(70)54-30(50(78)79)11-8-9-17-51/h13-16,24-27,30-36,38-40,63-67H,7-12,17-23,51,53H2,1-6H3,(H2,52,68)(H,54,70)(H,55,72)(H,56,69)(H,57,73)(H,58,76)(H,59,75)(H,60,74)(H,61,71)(H,78,79)/t25-,26+,27+,30-,31-,32-,33-,34-,35-,36-,38-,39-,40-/m0/s1. The fourth-order valence-corrected chi connectivity index (χ4v) is 8.26. The Morgan fingerprint density at radius 1 is 0.646 bits per heavy atom. The van der Waals surface area contributed by atoms with Crippen molar-refractivity contribution in [3.05, 3.63) is 29.8 Å². The van der Waals surface area contributed by atoms with E-state index in [9.17, 15) is 83.4 Å². The number of benzene rings is 1. The molecule has 0 aromatic heterocycles.